The number of carbonyl (C=O) groups excluding carboxylic acids is 1. The first-order valence-corrected chi connectivity index (χ1v) is 7.01. The molecule has 0 aliphatic heterocycles. The van der Waals surface area contributed by atoms with Crippen molar-refractivity contribution >= 4 is 11.9 Å². The Balaban J connectivity index is 2.55. The first-order chi connectivity index (χ1) is 9.70. The highest BCUT2D eigenvalue weighted by Crippen LogP contribution is 2.10. The summed E-state index contributed by atoms with van der Waals surface area (Å²) in [6.45, 7) is 6.78. The molecular formula is C16H24N2O3. The zero-order valence-electron chi connectivity index (χ0n) is 13.1. The fourth-order valence-corrected chi connectivity index (χ4v) is 1.84. The molecule has 5 heteroatoms. The summed E-state index contributed by atoms with van der Waals surface area (Å²) < 4.78 is 0. The van der Waals surface area contributed by atoms with Crippen molar-refractivity contribution in [1.82, 2.24) is 10.2 Å². The van der Waals surface area contributed by atoms with Gasteiger partial charge in [-0.1, -0.05) is 18.2 Å². The Morgan fingerprint density at radius 3 is 2.43 bits per heavy atom. The van der Waals surface area contributed by atoms with Gasteiger partial charge in [-0.15, -0.1) is 0 Å². The van der Waals surface area contributed by atoms with E-state index < -0.39 is 5.97 Å². The van der Waals surface area contributed by atoms with Crippen molar-refractivity contribution in [3.63, 3.8) is 0 Å². The van der Waals surface area contributed by atoms with Gasteiger partial charge in [0.2, 0.25) is 5.91 Å². The maximum atomic E-state index is 12.0. The van der Waals surface area contributed by atoms with E-state index in [0.717, 1.165) is 5.56 Å². The van der Waals surface area contributed by atoms with Gasteiger partial charge in [0.15, 0.2) is 0 Å². The van der Waals surface area contributed by atoms with Crippen molar-refractivity contribution in [3.05, 3.63) is 35.4 Å². The second-order valence-electron chi connectivity index (χ2n) is 6.13. The maximum Gasteiger partial charge on any atom is 0.335 e. The van der Waals surface area contributed by atoms with E-state index in [1.807, 2.05) is 26.8 Å². The molecule has 1 aromatic rings. The van der Waals surface area contributed by atoms with Crippen molar-refractivity contribution < 1.29 is 14.7 Å². The number of nitrogens with one attached hydrogen (secondary N) is 1. The highest BCUT2D eigenvalue weighted by Gasteiger charge is 2.15. The number of carboxylic acid groups (broad SMARTS) is 1. The van der Waals surface area contributed by atoms with E-state index >= 15 is 0 Å². The third kappa shape index (κ3) is 5.95. The lowest BCUT2D eigenvalue weighted by Crippen LogP contribution is -2.44. The first-order valence-electron chi connectivity index (χ1n) is 7.01. The van der Waals surface area contributed by atoms with Crippen LogP contribution in [-0.2, 0) is 11.2 Å². The monoisotopic (exact) mass is 292 g/mol. The maximum absolute atomic E-state index is 12.0. The molecule has 1 amide bonds. The number of amides is 1. The van der Waals surface area contributed by atoms with Crippen LogP contribution in [0, 0.1) is 0 Å². The summed E-state index contributed by atoms with van der Waals surface area (Å²) in [7, 11) is 1.73. The van der Waals surface area contributed by atoms with Gasteiger partial charge in [-0.25, -0.2) is 4.79 Å². The minimum atomic E-state index is -0.936. The van der Waals surface area contributed by atoms with E-state index in [2.05, 4.69) is 5.32 Å². The molecule has 0 radical (unpaired) electrons. The molecule has 0 spiro atoms. The van der Waals surface area contributed by atoms with E-state index in [9.17, 15) is 9.59 Å². The lowest BCUT2D eigenvalue weighted by atomic mass is 10.0. The van der Waals surface area contributed by atoms with E-state index in [-0.39, 0.29) is 18.0 Å². The third-order valence-corrected chi connectivity index (χ3v) is 3.16. The Kier molecular flexibility index (Phi) is 5.90. The Labute approximate surface area is 126 Å². The van der Waals surface area contributed by atoms with Crippen LogP contribution in [0.25, 0.3) is 0 Å². The largest absolute Gasteiger partial charge is 0.478 e. The molecule has 0 unspecified atom stereocenters. The average Bonchev–Trinajstić information content (AvgIpc) is 2.41. The summed E-state index contributed by atoms with van der Waals surface area (Å²) in [5, 5.41) is 12.3. The second kappa shape index (κ2) is 7.22. The zero-order valence-corrected chi connectivity index (χ0v) is 13.1. The lowest BCUT2D eigenvalue weighted by molar-refractivity contribution is -0.129. The number of carboxylic acids is 1. The van der Waals surface area contributed by atoms with Crippen LogP contribution in [0.1, 0.15) is 36.7 Å². The molecule has 1 aromatic carbocycles. The van der Waals surface area contributed by atoms with Gasteiger partial charge in [-0.3, -0.25) is 4.79 Å². The summed E-state index contributed by atoms with van der Waals surface area (Å²) in [5.74, 6) is -0.938. The van der Waals surface area contributed by atoms with Crippen LogP contribution in [0.3, 0.4) is 0 Å². The van der Waals surface area contributed by atoms with Gasteiger partial charge >= 0.3 is 5.97 Å². The first kappa shape index (κ1) is 17.2. The minimum Gasteiger partial charge on any atom is -0.478 e. The summed E-state index contributed by atoms with van der Waals surface area (Å²) in [6, 6.07) is 6.88. The van der Waals surface area contributed by atoms with Gasteiger partial charge in [0.25, 0.3) is 0 Å². The van der Waals surface area contributed by atoms with E-state index in [4.69, 9.17) is 5.11 Å². The zero-order chi connectivity index (χ0) is 16.0. The Morgan fingerprint density at radius 2 is 1.86 bits per heavy atom. The molecule has 0 aliphatic carbocycles. The number of benzene rings is 1. The Morgan fingerprint density at radius 1 is 1.24 bits per heavy atom. The van der Waals surface area contributed by atoms with Crippen LogP contribution in [0.15, 0.2) is 24.3 Å². The molecule has 1 rings (SSSR count). The normalized spacial score (nSPS) is 11.2. The van der Waals surface area contributed by atoms with Crippen molar-refractivity contribution in [2.45, 2.75) is 32.7 Å². The van der Waals surface area contributed by atoms with Crippen LogP contribution < -0.4 is 5.32 Å². The highest BCUT2D eigenvalue weighted by atomic mass is 16.4. The van der Waals surface area contributed by atoms with Crippen LogP contribution >= 0.6 is 0 Å². The van der Waals surface area contributed by atoms with Crippen LogP contribution in [0.5, 0.6) is 0 Å². The smallest absolute Gasteiger partial charge is 0.335 e. The molecule has 0 saturated heterocycles. The van der Waals surface area contributed by atoms with Crippen molar-refractivity contribution in [3.8, 4) is 0 Å². The molecule has 5 nitrogen and oxygen atoms in total. The van der Waals surface area contributed by atoms with Crippen molar-refractivity contribution in [2.75, 3.05) is 20.1 Å². The van der Waals surface area contributed by atoms with E-state index in [1.54, 1.807) is 30.1 Å². The van der Waals surface area contributed by atoms with Gasteiger partial charge in [0.1, 0.15) is 0 Å². The number of likely N-dealkylation sites (N-methyl/N-ethyl adjacent to an activating group) is 1. The molecule has 0 aliphatic rings. The molecule has 0 fully saturated rings. The topological polar surface area (TPSA) is 69.6 Å². The number of rotatable bonds is 6. The molecule has 21 heavy (non-hydrogen) atoms. The molecule has 2 N–H and O–H groups in total. The molecule has 0 aromatic heterocycles. The standard InChI is InChI=1S/C16H24N2O3/c1-16(2,3)17-11-14(19)18(4)10-9-12-7-5-6-8-13(12)15(20)21/h5-8,17H,9-11H2,1-4H3,(H,20,21). The van der Waals surface area contributed by atoms with Crippen LogP contribution in [0.4, 0.5) is 0 Å². The van der Waals surface area contributed by atoms with E-state index in [0.29, 0.717) is 18.5 Å². The Bertz CT molecular complexity index is 506. The summed E-state index contributed by atoms with van der Waals surface area (Å²) >= 11 is 0. The van der Waals surface area contributed by atoms with Gasteiger partial charge in [-0.05, 0) is 38.8 Å². The van der Waals surface area contributed by atoms with Gasteiger partial charge in [0, 0.05) is 19.1 Å². The lowest BCUT2D eigenvalue weighted by Gasteiger charge is -2.23. The Hall–Kier alpha value is -1.88. The molecule has 0 saturated carbocycles. The second-order valence-corrected chi connectivity index (χ2v) is 6.13. The number of hydrogen-bond donors (Lipinski definition) is 2. The SMILES string of the molecule is CN(CCc1ccccc1C(=O)O)C(=O)CNC(C)(C)C. The van der Waals surface area contributed by atoms with Gasteiger partial charge in [0.05, 0.1) is 12.1 Å². The van der Waals surface area contributed by atoms with Gasteiger partial charge in [-0.2, -0.15) is 0 Å². The van der Waals surface area contributed by atoms with Crippen LogP contribution in [0.2, 0.25) is 0 Å². The van der Waals surface area contributed by atoms with Crippen LogP contribution in [-0.4, -0.2) is 47.6 Å². The minimum absolute atomic E-state index is 0.00210. The molecule has 0 bridgehead atoms. The number of nitrogens with zero attached hydrogens (tertiary/aromatic N) is 1. The van der Waals surface area contributed by atoms with Crippen molar-refractivity contribution in [2.24, 2.45) is 0 Å². The summed E-state index contributed by atoms with van der Waals surface area (Å²) in [6.07, 6.45) is 0.528. The molecule has 0 heterocycles. The summed E-state index contributed by atoms with van der Waals surface area (Å²) in [4.78, 5) is 24.7. The van der Waals surface area contributed by atoms with Gasteiger partial charge < -0.3 is 15.3 Å². The third-order valence-electron chi connectivity index (χ3n) is 3.16. The predicted molar refractivity (Wildman–Crippen MR) is 82.5 cm³/mol. The summed E-state index contributed by atoms with van der Waals surface area (Å²) in [5.41, 5.74) is 0.937. The fraction of sp³-hybridized carbons (Fsp3) is 0.500. The number of hydrogen-bond acceptors (Lipinski definition) is 3. The molecular weight excluding hydrogens is 268 g/mol. The number of carbonyl (C=O) groups is 2. The molecule has 0 atom stereocenters. The number of aromatic carboxylic acids is 1. The average molecular weight is 292 g/mol. The predicted octanol–water partition coefficient (Wildman–Crippen LogP) is 1.77. The van der Waals surface area contributed by atoms with E-state index in [1.165, 1.54) is 0 Å². The highest BCUT2D eigenvalue weighted by molar-refractivity contribution is 5.89. The van der Waals surface area contributed by atoms with Crippen molar-refractivity contribution in [1.29, 1.82) is 0 Å². The quantitative estimate of drug-likeness (QED) is 0.838. The molecule has 116 valence electrons. The fourth-order valence-electron chi connectivity index (χ4n) is 1.84.